The van der Waals surface area contributed by atoms with E-state index in [1.807, 2.05) is 0 Å². The van der Waals surface area contributed by atoms with Crippen LogP contribution in [0.25, 0.3) is 0 Å². The van der Waals surface area contributed by atoms with Crippen molar-refractivity contribution in [1.29, 1.82) is 5.26 Å². The molecule has 0 aliphatic heterocycles. The van der Waals surface area contributed by atoms with Crippen LogP contribution in [0.2, 0.25) is 0 Å². The van der Waals surface area contributed by atoms with Crippen molar-refractivity contribution in [3.05, 3.63) is 89.5 Å². The fraction of sp³-hybridized carbons (Fsp3) is 0.0476. The van der Waals surface area contributed by atoms with E-state index >= 15 is 0 Å². The molecule has 10 heteroatoms. The van der Waals surface area contributed by atoms with Crippen LogP contribution in [0.1, 0.15) is 21.5 Å². The summed E-state index contributed by atoms with van der Waals surface area (Å²) in [4.78, 5) is 12.2. The lowest BCUT2D eigenvalue weighted by molar-refractivity contribution is -0.137. The molecule has 3 rings (SSSR count). The molecule has 0 aliphatic rings. The molecule has 0 unspecified atom stereocenters. The minimum atomic E-state index is -4.56. The Morgan fingerprint density at radius 1 is 0.903 bits per heavy atom. The summed E-state index contributed by atoms with van der Waals surface area (Å²) in [6.45, 7) is 0. The number of alkyl halides is 3. The second-order valence-electron chi connectivity index (χ2n) is 6.33. The Hall–Kier alpha value is -3.84. The number of nitriles is 1. The van der Waals surface area contributed by atoms with Crippen LogP contribution in [0.3, 0.4) is 0 Å². The third-order valence-corrected chi connectivity index (χ3v) is 5.56. The Bertz CT molecular complexity index is 1280. The molecule has 0 saturated heterocycles. The lowest BCUT2D eigenvalue weighted by Gasteiger charge is -2.12. The maximum absolute atomic E-state index is 12.8. The number of sulfonamides is 1. The van der Waals surface area contributed by atoms with Crippen LogP contribution in [0, 0.1) is 11.3 Å². The highest BCUT2D eigenvalue weighted by molar-refractivity contribution is 7.92. The third kappa shape index (κ3) is 5.21. The molecule has 3 aromatic rings. The first-order valence-corrected chi connectivity index (χ1v) is 10.2. The number of anilines is 2. The van der Waals surface area contributed by atoms with E-state index in [1.165, 1.54) is 54.6 Å². The van der Waals surface area contributed by atoms with Crippen molar-refractivity contribution in [3.8, 4) is 6.07 Å². The van der Waals surface area contributed by atoms with Crippen LogP contribution in [-0.2, 0) is 16.2 Å². The highest BCUT2D eigenvalue weighted by Crippen LogP contribution is 2.30. The molecular formula is C21H14F3N3O3S. The Labute approximate surface area is 176 Å². The Morgan fingerprint density at radius 3 is 2.29 bits per heavy atom. The molecule has 0 radical (unpaired) electrons. The van der Waals surface area contributed by atoms with Gasteiger partial charge in [0.2, 0.25) is 0 Å². The monoisotopic (exact) mass is 445 g/mol. The molecule has 31 heavy (non-hydrogen) atoms. The van der Waals surface area contributed by atoms with Crippen LogP contribution in [0.5, 0.6) is 0 Å². The number of carbonyl (C=O) groups excluding carboxylic acids is 1. The summed E-state index contributed by atoms with van der Waals surface area (Å²) in [5, 5.41) is 11.5. The topological polar surface area (TPSA) is 99.1 Å². The van der Waals surface area contributed by atoms with E-state index in [0.29, 0.717) is 0 Å². The first-order chi connectivity index (χ1) is 14.6. The number of halogens is 3. The average molecular weight is 445 g/mol. The molecule has 0 spiro atoms. The van der Waals surface area contributed by atoms with Gasteiger partial charge in [-0.05, 0) is 48.5 Å². The number of hydrogen-bond donors (Lipinski definition) is 2. The minimum absolute atomic E-state index is 0.0196. The fourth-order valence-corrected chi connectivity index (χ4v) is 3.91. The van der Waals surface area contributed by atoms with E-state index in [0.717, 1.165) is 18.2 Å². The van der Waals surface area contributed by atoms with E-state index in [1.54, 1.807) is 6.07 Å². The normalized spacial score (nSPS) is 11.4. The van der Waals surface area contributed by atoms with Gasteiger partial charge in [0.1, 0.15) is 11.0 Å². The number of nitrogens with zero attached hydrogens (tertiary/aromatic N) is 1. The van der Waals surface area contributed by atoms with Crippen molar-refractivity contribution < 1.29 is 26.4 Å². The summed E-state index contributed by atoms with van der Waals surface area (Å²) in [5.41, 5.74) is -0.958. The van der Waals surface area contributed by atoms with E-state index in [2.05, 4.69) is 10.0 Å². The smallest absolute Gasteiger partial charge is 0.322 e. The first kappa shape index (κ1) is 21.9. The Kier molecular flexibility index (Phi) is 5.99. The molecule has 0 atom stereocenters. The maximum atomic E-state index is 12.8. The van der Waals surface area contributed by atoms with Gasteiger partial charge in [-0.25, -0.2) is 8.42 Å². The molecule has 0 saturated carbocycles. The number of benzene rings is 3. The summed E-state index contributed by atoms with van der Waals surface area (Å²) >= 11 is 0. The van der Waals surface area contributed by atoms with Crippen molar-refractivity contribution in [2.45, 2.75) is 11.1 Å². The lowest BCUT2D eigenvalue weighted by Crippen LogP contribution is -2.16. The molecule has 0 fully saturated rings. The molecule has 2 N–H and O–H groups in total. The van der Waals surface area contributed by atoms with E-state index in [9.17, 15) is 26.4 Å². The molecule has 0 bridgehead atoms. The Morgan fingerprint density at radius 2 is 1.58 bits per heavy atom. The average Bonchev–Trinajstić information content (AvgIpc) is 2.73. The highest BCUT2D eigenvalue weighted by atomic mass is 32.2. The number of amides is 1. The van der Waals surface area contributed by atoms with Gasteiger partial charge in [0.15, 0.2) is 0 Å². The standard InChI is InChI=1S/C21H14F3N3O3S/c22-21(23,24)16-7-4-8-17(12-16)26-20(28)14-6-3-9-18(11-14)27-31(29,30)19-10-2-1-5-15(19)13-25/h1-12,27H,(H,26,28). The van der Waals surface area contributed by atoms with E-state index in [-0.39, 0.29) is 27.4 Å². The second kappa shape index (κ2) is 8.49. The lowest BCUT2D eigenvalue weighted by atomic mass is 10.1. The third-order valence-electron chi connectivity index (χ3n) is 4.12. The zero-order chi connectivity index (χ0) is 22.6. The van der Waals surface area contributed by atoms with Crippen LogP contribution < -0.4 is 10.0 Å². The molecule has 0 heterocycles. The van der Waals surface area contributed by atoms with Gasteiger partial charge in [-0.15, -0.1) is 0 Å². The van der Waals surface area contributed by atoms with Gasteiger partial charge in [-0.3, -0.25) is 9.52 Å². The zero-order valence-electron chi connectivity index (χ0n) is 15.6. The van der Waals surface area contributed by atoms with Crippen molar-refractivity contribution in [2.24, 2.45) is 0 Å². The van der Waals surface area contributed by atoms with Crippen LogP contribution in [0.15, 0.2) is 77.7 Å². The van der Waals surface area contributed by atoms with Crippen LogP contribution in [0.4, 0.5) is 24.5 Å². The van der Waals surface area contributed by atoms with Crippen molar-refractivity contribution >= 4 is 27.3 Å². The molecule has 158 valence electrons. The SMILES string of the molecule is N#Cc1ccccc1S(=O)(=O)Nc1cccc(C(=O)Nc2cccc(C(F)(F)F)c2)c1. The predicted molar refractivity (Wildman–Crippen MR) is 108 cm³/mol. The number of rotatable bonds is 5. The molecule has 0 aliphatic carbocycles. The van der Waals surface area contributed by atoms with Gasteiger partial charge in [0.25, 0.3) is 15.9 Å². The number of hydrogen-bond acceptors (Lipinski definition) is 4. The van der Waals surface area contributed by atoms with Crippen LogP contribution in [-0.4, -0.2) is 14.3 Å². The first-order valence-electron chi connectivity index (χ1n) is 8.71. The minimum Gasteiger partial charge on any atom is -0.322 e. The summed E-state index contributed by atoms with van der Waals surface area (Å²) in [5.74, 6) is -0.724. The van der Waals surface area contributed by atoms with E-state index in [4.69, 9.17) is 5.26 Å². The fourth-order valence-electron chi connectivity index (χ4n) is 2.70. The van der Waals surface area contributed by atoms with E-state index < -0.39 is 27.7 Å². The van der Waals surface area contributed by atoms with Gasteiger partial charge in [0.05, 0.1) is 11.1 Å². The van der Waals surface area contributed by atoms with Crippen LogP contribution >= 0.6 is 0 Å². The molecular weight excluding hydrogens is 431 g/mol. The van der Waals surface area contributed by atoms with Crippen molar-refractivity contribution in [3.63, 3.8) is 0 Å². The summed E-state index contributed by atoms with van der Waals surface area (Å²) < 4.78 is 66.0. The maximum Gasteiger partial charge on any atom is 0.416 e. The molecule has 6 nitrogen and oxygen atoms in total. The van der Waals surface area contributed by atoms with Gasteiger partial charge in [-0.2, -0.15) is 18.4 Å². The highest BCUT2D eigenvalue weighted by Gasteiger charge is 2.30. The quantitative estimate of drug-likeness (QED) is 0.598. The van der Waals surface area contributed by atoms with Gasteiger partial charge in [0, 0.05) is 16.9 Å². The number of nitrogens with one attached hydrogen (secondary N) is 2. The van der Waals surface area contributed by atoms with Gasteiger partial charge >= 0.3 is 6.18 Å². The second-order valence-corrected chi connectivity index (χ2v) is 7.98. The summed E-state index contributed by atoms with van der Waals surface area (Å²) in [7, 11) is -4.11. The van der Waals surface area contributed by atoms with Gasteiger partial charge in [-0.1, -0.05) is 24.3 Å². The largest absolute Gasteiger partial charge is 0.416 e. The summed E-state index contributed by atoms with van der Waals surface area (Å²) in [6, 6.07) is 17.0. The summed E-state index contributed by atoms with van der Waals surface area (Å²) in [6.07, 6.45) is -4.56. The number of carbonyl (C=O) groups is 1. The molecule has 1 amide bonds. The molecule has 0 aromatic heterocycles. The zero-order valence-corrected chi connectivity index (χ0v) is 16.5. The predicted octanol–water partition coefficient (Wildman–Crippen LogP) is 4.63. The molecule has 3 aromatic carbocycles. The van der Waals surface area contributed by atoms with Gasteiger partial charge < -0.3 is 5.32 Å². The van der Waals surface area contributed by atoms with Crippen molar-refractivity contribution in [1.82, 2.24) is 0 Å². The van der Waals surface area contributed by atoms with Crippen molar-refractivity contribution in [2.75, 3.05) is 10.0 Å². The Balaban J connectivity index is 1.82.